The topological polar surface area (TPSA) is 59.1 Å². The van der Waals surface area contributed by atoms with Crippen LogP contribution in [0.4, 0.5) is 0 Å². The monoisotopic (exact) mass is 819 g/mol. The fourth-order valence-corrected chi connectivity index (χ4v) is 8.78. The Balaban J connectivity index is 2.30. The molecule has 0 aromatic carbocycles. The standard InChI is InChI=1S/C52H102N2O4/c1-44(2)30-32-48(46(5)6)42-57-50(55)28-22-17-13-11-15-19-24-34-52(9,36-26-21-27-37-54-40-38-53(10)39-41-54)35-25-20-16-12-14-18-23-29-51(56)58-43-49(47(7)8)33-31-45(3)4/h44-49H,11-43H2,1-10H3. The zero-order chi connectivity index (χ0) is 43.0. The average Bonchev–Trinajstić information content (AvgIpc) is 3.16. The highest BCUT2D eigenvalue weighted by Crippen LogP contribution is 2.37. The molecule has 6 heteroatoms. The number of likely N-dealkylation sites (N-methyl/N-ethyl adjacent to an activating group) is 1. The quantitative estimate of drug-likeness (QED) is 0.0457. The first-order chi connectivity index (χ1) is 27.7. The molecule has 1 fully saturated rings. The van der Waals surface area contributed by atoms with Gasteiger partial charge in [-0.05, 0) is 106 Å². The maximum absolute atomic E-state index is 12.4. The van der Waals surface area contributed by atoms with E-state index in [-0.39, 0.29) is 11.9 Å². The van der Waals surface area contributed by atoms with E-state index in [0.29, 0.717) is 67.0 Å². The number of piperazine rings is 1. The van der Waals surface area contributed by atoms with Gasteiger partial charge in [0.25, 0.3) is 0 Å². The minimum atomic E-state index is 0.00531. The minimum absolute atomic E-state index is 0.00531. The first kappa shape index (κ1) is 54.9. The summed E-state index contributed by atoms with van der Waals surface area (Å²) in [6, 6.07) is 0. The van der Waals surface area contributed by atoms with Gasteiger partial charge in [0.2, 0.25) is 0 Å². The fraction of sp³-hybridized carbons (Fsp3) is 0.962. The Morgan fingerprint density at radius 2 is 0.828 bits per heavy atom. The van der Waals surface area contributed by atoms with E-state index < -0.39 is 0 Å². The van der Waals surface area contributed by atoms with Gasteiger partial charge >= 0.3 is 11.9 Å². The van der Waals surface area contributed by atoms with Crippen LogP contribution in [0.3, 0.4) is 0 Å². The molecule has 0 amide bonds. The molecule has 0 radical (unpaired) electrons. The Labute approximate surface area is 362 Å². The van der Waals surface area contributed by atoms with E-state index in [1.165, 1.54) is 148 Å². The molecule has 1 aliphatic heterocycles. The highest BCUT2D eigenvalue weighted by Gasteiger charge is 2.23. The van der Waals surface area contributed by atoms with E-state index in [9.17, 15) is 9.59 Å². The van der Waals surface area contributed by atoms with Gasteiger partial charge in [0.05, 0.1) is 13.2 Å². The summed E-state index contributed by atoms with van der Waals surface area (Å²) in [7, 11) is 2.25. The lowest BCUT2D eigenvalue weighted by molar-refractivity contribution is -0.146. The van der Waals surface area contributed by atoms with Crippen molar-refractivity contribution in [2.24, 2.45) is 40.9 Å². The molecular weight excluding hydrogens is 717 g/mol. The van der Waals surface area contributed by atoms with E-state index in [2.05, 4.69) is 79.2 Å². The summed E-state index contributed by atoms with van der Waals surface area (Å²) in [5, 5.41) is 0. The van der Waals surface area contributed by atoms with Crippen molar-refractivity contribution in [2.45, 2.75) is 229 Å². The van der Waals surface area contributed by atoms with Crippen LogP contribution in [-0.2, 0) is 19.1 Å². The second-order valence-corrected chi connectivity index (χ2v) is 21.0. The first-order valence-corrected chi connectivity index (χ1v) is 25.4. The van der Waals surface area contributed by atoms with Crippen LogP contribution in [0.5, 0.6) is 0 Å². The van der Waals surface area contributed by atoms with Crippen LogP contribution < -0.4 is 0 Å². The Hall–Kier alpha value is -1.14. The van der Waals surface area contributed by atoms with Gasteiger partial charge < -0.3 is 19.3 Å². The third-order valence-corrected chi connectivity index (χ3v) is 13.7. The third-order valence-electron chi connectivity index (χ3n) is 13.7. The van der Waals surface area contributed by atoms with Crippen LogP contribution in [0.15, 0.2) is 0 Å². The van der Waals surface area contributed by atoms with Crippen molar-refractivity contribution in [3.63, 3.8) is 0 Å². The average molecular weight is 819 g/mol. The van der Waals surface area contributed by atoms with Gasteiger partial charge in [-0.3, -0.25) is 9.59 Å². The molecule has 58 heavy (non-hydrogen) atoms. The summed E-state index contributed by atoms with van der Waals surface area (Å²) in [4.78, 5) is 29.9. The molecule has 0 bridgehead atoms. The lowest BCUT2D eigenvalue weighted by Gasteiger charge is -2.32. The van der Waals surface area contributed by atoms with Crippen LogP contribution >= 0.6 is 0 Å². The lowest BCUT2D eigenvalue weighted by atomic mass is 9.75. The van der Waals surface area contributed by atoms with Crippen molar-refractivity contribution in [2.75, 3.05) is 53.0 Å². The molecule has 6 nitrogen and oxygen atoms in total. The van der Waals surface area contributed by atoms with Gasteiger partial charge in [-0.15, -0.1) is 0 Å². The first-order valence-electron chi connectivity index (χ1n) is 25.4. The van der Waals surface area contributed by atoms with E-state index in [4.69, 9.17) is 9.47 Å². The van der Waals surface area contributed by atoms with Gasteiger partial charge in [0.1, 0.15) is 0 Å². The van der Waals surface area contributed by atoms with Gasteiger partial charge in [0, 0.05) is 39.0 Å². The molecule has 2 unspecified atom stereocenters. The predicted octanol–water partition coefficient (Wildman–Crippen LogP) is 14.3. The van der Waals surface area contributed by atoms with Crippen LogP contribution in [0.2, 0.25) is 0 Å². The lowest BCUT2D eigenvalue weighted by Crippen LogP contribution is -2.44. The van der Waals surface area contributed by atoms with Crippen LogP contribution in [-0.4, -0.2) is 74.7 Å². The van der Waals surface area contributed by atoms with Crippen LogP contribution in [0.1, 0.15) is 229 Å². The number of carbonyl (C=O) groups is 2. The number of nitrogens with zero attached hydrogens (tertiary/aromatic N) is 2. The number of hydrogen-bond donors (Lipinski definition) is 0. The number of ether oxygens (including phenoxy) is 2. The van der Waals surface area contributed by atoms with Gasteiger partial charge in [-0.25, -0.2) is 0 Å². The minimum Gasteiger partial charge on any atom is -0.465 e. The van der Waals surface area contributed by atoms with Crippen molar-refractivity contribution in [1.82, 2.24) is 9.80 Å². The molecule has 1 aliphatic rings. The maximum Gasteiger partial charge on any atom is 0.305 e. The summed E-state index contributed by atoms with van der Waals surface area (Å²) in [5.41, 5.74) is 0.474. The molecule has 0 aliphatic carbocycles. The van der Waals surface area contributed by atoms with Gasteiger partial charge in [-0.2, -0.15) is 0 Å². The summed E-state index contributed by atoms with van der Waals surface area (Å²) < 4.78 is 11.4. The van der Waals surface area contributed by atoms with E-state index in [1.807, 2.05) is 0 Å². The summed E-state index contributed by atoms with van der Waals surface area (Å²) >= 11 is 0. The molecule has 344 valence electrons. The molecule has 1 heterocycles. The highest BCUT2D eigenvalue weighted by atomic mass is 16.5. The molecule has 0 saturated carbocycles. The predicted molar refractivity (Wildman–Crippen MR) is 250 cm³/mol. The maximum atomic E-state index is 12.4. The van der Waals surface area contributed by atoms with Gasteiger partial charge in [0.15, 0.2) is 0 Å². The summed E-state index contributed by atoms with van der Waals surface area (Å²) in [5.74, 6) is 3.51. The Bertz CT molecular complexity index is 914. The largest absolute Gasteiger partial charge is 0.465 e. The zero-order valence-electron chi connectivity index (χ0n) is 40.8. The molecule has 2 atom stereocenters. The van der Waals surface area contributed by atoms with Crippen molar-refractivity contribution >= 4 is 11.9 Å². The van der Waals surface area contributed by atoms with Crippen molar-refractivity contribution in [1.29, 1.82) is 0 Å². The smallest absolute Gasteiger partial charge is 0.305 e. The fourth-order valence-electron chi connectivity index (χ4n) is 8.78. The summed E-state index contributed by atoms with van der Waals surface area (Å²) in [6.45, 7) is 28.1. The van der Waals surface area contributed by atoms with Crippen LogP contribution in [0.25, 0.3) is 0 Å². The number of carbonyl (C=O) groups excluding carboxylic acids is 2. The number of rotatable bonds is 38. The Kier molecular flexibility index (Phi) is 32.6. The SMILES string of the molecule is CC(C)CCC(COC(=O)CCCCCCCCCC(C)(CCCCCCCCCC(=O)OCC(CCC(C)C)C(C)C)CCCCCN1CCN(C)CC1)C(C)C. The highest BCUT2D eigenvalue weighted by molar-refractivity contribution is 5.69. The second-order valence-electron chi connectivity index (χ2n) is 21.0. The van der Waals surface area contributed by atoms with Crippen LogP contribution in [0, 0.1) is 40.9 Å². The van der Waals surface area contributed by atoms with E-state index in [1.54, 1.807) is 0 Å². The molecule has 0 aromatic rings. The molecular formula is C52H102N2O4. The van der Waals surface area contributed by atoms with Crippen molar-refractivity contribution in [3.8, 4) is 0 Å². The Morgan fingerprint density at radius 3 is 1.19 bits per heavy atom. The van der Waals surface area contributed by atoms with E-state index in [0.717, 1.165) is 38.5 Å². The zero-order valence-corrected chi connectivity index (χ0v) is 40.8. The summed E-state index contributed by atoms with van der Waals surface area (Å²) in [6.07, 6.45) is 31.5. The Morgan fingerprint density at radius 1 is 0.483 bits per heavy atom. The molecule has 1 saturated heterocycles. The number of hydrogen-bond acceptors (Lipinski definition) is 6. The molecule has 1 rings (SSSR count). The van der Waals surface area contributed by atoms with Gasteiger partial charge in [-0.1, -0.05) is 165 Å². The molecule has 0 N–H and O–H groups in total. The van der Waals surface area contributed by atoms with E-state index >= 15 is 0 Å². The van der Waals surface area contributed by atoms with Crippen molar-refractivity contribution in [3.05, 3.63) is 0 Å². The number of esters is 2. The third kappa shape index (κ3) is 30.8. The number of unbranched alkanes of at least 4 members (excludes halogenated alkanes) is 14. The molecule has 0 spiro atoms. The second kappa shape index (κ2) is 34.4. The normalized spacial score (nSPS) is 16.4. The molecule has 0 aromatic heterocycles. The van der Waals surface area contributed by atoms with Crippen molar-refractivity contribution < 1.29 is 19.1 Å².